The number of hydrogen-bond acceptors (Lipinski definition) is 5. The fraction of sp³-hybridized carbons (Fsp3) is 0.219. The summed E-state index contributed by atoms with van der Waals surface area (Å²) >= 11 is 0. The van der Waals surface area contributed by atoms with E-state index in [9.17, 15) is 4.79 Å². The van der Waals surface area contributed by atoms with Crippen LogP contribution in [0.3, 0.4) is 0 Å². The molecule has 1 spiro atoms. The number of benzene rings is 4. The molecule has 5 nitrogen and oxygen atoms in total. The van der Waals surface area contributed by atoms with Gasteiger partial charge >= 0.3 is 5.97 Å². The molecule has 2 heterocycles. The van der Waals surface area contributed by atoms with Crippen molar-refractivity contribution >= 4 is 17.3 Å². The average molecular weight is 491 g/mol. The van der Waals surface area contributed by atoms with Gasteiger partial charge in [-0.3, -0.25) is 0 Å². The lowest BCUT2D eigenvalue weighted by molar-refractivity contribution is 0.0224. The van der Waals surface area contributed by atoms with Crippen LogP contribution in [0, 0.1) is 0 Å². The highest BCUT2D eigenvalue weighted by molar-refractivity contribution is 5.97. The lowest BCUT2D eigenvalue weighted by Gasteiger charge is -2.37. The summed E-state index contributed by atoms with van der Waals surface area (Å²) in [5, 5.41) is 3.55. The zero-order valence-corrected chi connectivity index (χ0v) is 21.2. The van der Waals surface area contributed by atoms with Crippen molar-refractivity contribution in [2.75, 3.05) is 29.9 Å². The van der Waals surface area contributed by atoms with Crippen molar-refractivity contribution in [3.63, 3.8) is 0 Å². The monoisotopic (exact) mass is 490 g/mol. The van der Waals surface area contributed by atoms with Crippen LogP contribution in [-0.2, 0) is 16.8 Å². The number of fused-ring (bicyclic) bond motifs is 6. The second-order valence-corrected chi connectivity index (χ2v) is 9.44. The average Bonchev–Trinajstić information content (AvgIpc) is 3.23. The topological polar surface area (TPSA) is 50.8 Å². The minimum atomic E-state index is -1.06. The zero-order valence-electron chi connectivity index (χ0n) is 21.2. The van der Waals surface area contributed by atoms with E-state index in [1.54, 1.807) is 0 Å². The van der Waals surface area contributed by atoms with Gasteiger partial charge in [-0.1, -0.05) is 48.5 Å². The third-order valence-electron chi connectivity index (χ3n) is 7.41. The molecule has 2 aliphatic heterocycles. The first-order valence-corrected chi connectivity index (χ1v) is 13.0. The molecule has 1 N–H and O–H groups in total. The summed E-state index contributed by atoms with van der Waals surface area (Å²) in [6.07, 6.45) is 0.911. The standard InChI is InChI=1S/C32H30N2O3/c1-3-34(4-2)24-15-16-27-30(21-24)36-29-17-14-23(33-19-18-22-10-6-5-7-11-22)20-28(29)32(27)26-13-9-8-12-25(26)31(35)37-32/h5-17,20-21,33H,3-4,18-19H2,1-2H3. The fourth-order valence-electron chi connectivity index (χ4n) is 5.55. The molecule has 4 aromatic carbocycles. The first kappa shape index (κ1) is 23.2. The summed E-state index contributed by atoms with van der Waals surface area (Å²) in [6, 6.07) is 30.4. The van der Waals surface area contributed by atoms with E-state index in [0.717, 1.165) is 54.1 Å². The SMILES string of the molecule is CCN(CC)c1ccc2c(c1)Oc1ccc(NCCc3ccccc3)cc1C21OC(=O)c2ccccc21. The number of hydrogen-bond donors (Lipinski definition) is 1. The molecule has 0 aliphatic carbocycles. The van der Waals surface area contributed by atoms with Crippen molar-refractivity contribution in [1.82, 2.24) is 0 Å². The summed E-state index contributed by atoms with van der Waals surface area (Å²) < 4.78 is 12.8. The second kappa shape index (κ2) is 9.32. The maximum atomic E-state index is 13.2. The molecular formula is C32H30N2O3. The Hall–Kier alpha value is -4.25. The minimum absolute atomic E-state index is 0.315. The van der Waals surface area contributed by atoms with Crippen LogP contribution in [0.15, 0.2) is 91.0 Å². The van der Waals surface area contributed by atoms with Gasteiger partial charge in [-0.05, 0) is 62.2 Å². The lowest BCUT2D eigenvalue weighted by atomic mass is 9.77. The van der Waals surface area contributed by atoms with Gasteiger partial charge in [-0.25, -0.2) is 4.79 Å². The third-order valence-corrected chi connectivity index (χ3v) is 7.41. The largest absolute Gasteiger partial charge is 0.456 e. The Morgan fingerprint density at radius 2 is 1.57 bits per heavy atom. The van der Waals surface area contributed by atoms with E-state index in [1.807, 2.05) is 42.5 Å². The molecule has 1 unspecified atom stereocenters. The van der Waals surface area contributed by atoms with Gasteiger partial charge in [0.2, 0.25) is 0 Å². The van der Waals surface area contributed by atoms with Crippen molar-refractivity contribution in [2.24, 2.45) is 0 Å². The Morgan fingerprint density at radius 3 is 2.38 bits per heavy atom. The molecule has 0 fully saturated rings. The molecule has 0 bridgehead atoms. The summed E-state index contributed by atoms with van der Waals surface area (Å²) in [5.74, 6) is 1.10. The van der Waals surface area contributed by atoms with E-state index in [1.165, 1.54) is 5.56 Å². The molecule has 4 aromatic rings. The molecule has 6 rings (SSSR count). The number of anilines is 2. The number of carbonyl (C=O) groups excluding carboxylic acids is 1. The number of ether oxygens (including phenoxy) is 2. The van der Waals surface area contributed by atoms with Crippen molar-refractivity contribution < 1.29 is 14.3 Å². The fourth-order valence-corrected chi connectivity index (χ4v) is 5.55. The molecule has 2 aliphatic rings. The smallest absolute Gasteiger partial charge is 0.340 e. The van der Waals surface area contributed by atoms with Crippen LogP contribution in [0.2, 0.25) is 0 Å². The van der Waals surface area contributed by atoms with Gasteiger partial charge in [0.25, 0.3) is 0 Å². The van der Waals surface area contributed by atoms with Gasteiger partial charge in [-0.15, -0.1) is 0 Å². The van der Waals surface area contributed by atoms with E-state index in [-0.39, 0.29) is 5.97 Å². The Labute approximate surface area is 217 Å². The van der Waals surface area contributed by atoms with Gasteiger partial charge in [0.1, 0.15) is 11.5 Å². The minimum Gasteiger partial charge on any atom is -0.456 e. The highest BCUT2D eigenvalue weighted by Crippen LogP contribution is 2.56. The van der Waals surface area contributed by atoms with E-state index in [0.29, 0.717) is 17.1 Å². The lowest BCUT2D eigenvalue weighted by Crippen LogP contribution is -2.33. The molecule has 0 saturated heterocycles. The quantitative estimate of drug-likeness (QED) is 0.290. The normalized spacial score (nSPS) is 16.9. The van der Waals surface area contributed by atoms with Crippen molar-refractivity contribution in [3.05, 3.63) is 119 Å². The van der Waals surface area contributed by atoms with E-state index < -0.39 is 5.60 Å². The zero-order chi connectivity index (χ0) is 25.4. The van der Waals surface area contributed by atoms with Crippen LogP contribution in [0.4, 0.5) is 11.4 Å². The second-order valence-electron chi connectivity index (χ2n) is 9.44. The maximum absolute atomic E-state index is 13.2. The Bertz CT molecular complexity index is 1460. The number of nitrogens with zero attached hydrogens (tertiary/aromatic N) is 1. The number of nitrogens with one attached hydrogen (secondary N) is 1. The molecule has 0 aromatic heterocycles. The van der Waals surface area contributed by atoms with Crippen LogP contribution < -0.4 is 15.0 Å². The van der Waals surface area contributed by atoms with Gasteiger partial charge in [0.15, 0.2) is 5.60 Å². The highest BCUT2D eigenvalue weighted by Gasteiger charge is 2.53. The molecule has 0 radical (unpaired) electrons. The Balaban J connectivity index is 1.44. The molecule has 37 heavy (non-hydrogen) atoms. The van der Waals surface area contributed by atoms with Crippen molar-refractivity contribution in [3.8, 4) is 11.5 Å². The number of esters is 1. The Morgan fingerprint density at radius 1 is 0.784 bits per heavy atom. The van der Waals surface area contributed by atoms with Gasteiger partial charge < -0.3 is 19.7 Å². The molecule has 1 atom stereocenters. The van der Waals surface area contributed by atoms with Gasteiger partial charge in [0.05, 0.1) is 5.56 Å². The van der Waals surface area contributed by atoms with Crippen LogP contribution in [0.25, 0.3) is 0 Å². The number of rotatable bonds is 7. The van der Waals surface area contributed by atoms with Crippen molar-refractivity contribution in [1.29, 1.82) is 0 Å². The first-order chi connectivity index (χ1) is 18.1. The van der Waals surface area contributed by atoms with E-state index in [2.05, 4.69) is 72.6 Å². The summed E-state index contributed by atoms with van der Waals surface area (Å²) in [7, 11) is 0. The molecule has 186 valence electrons. The molecule has 5 heteroatoms. The number of carbonyl (C=O) groups is 1. The highest BCUT2D eigenvalue weighted by atomic mass is 16.6. The predicted octanol–water partition coefficient (Wildman–Crippen LogP) is 6.76. The Kier molecular flexibility index (Phi) is 5.84. The predicted molar refractivity (Wildman–Crippen MR) is 147 cm³/mol. The van der Waals surface area contributed by atoms with Crippen LogP contribution in [0.5, 0.6) is 11.5 Å². The first-order valence-electron chi connectivity index (χ1n) is 13.0. The summed E-state index contributed by atoms with van der Waals surface area (Å²) in [6.45, 7) is 6.86. The van der Waals surface area contributed by atoms with Gasteiger partial charge in [0, 0.05) is 53.8 Å². The maximum Gasteiger partial charge on any atom is 0.340 e. The molecule has 0 amide bonds. The van der Waals surface area contributed by atoms with E-state index in [4.69, 9.17) is 9.47 Å². The van der Waals surface area contributed by atoms with E-state index >= 15 is 0 Å². The van der Waals surface area contributed by atoms with Crippen LogP contribution >= 0.6 is 0 Å². The summed E-state index contributed by atoms with van der Waals surface area (Å²) in [4.78, 5) is 15.4. The molecular weight excluding hydrogens is 460 g/mol. The third kappa shape index (κ3) is 3.82. The van der Waals surface area contributed by atoms with Crippen molar-refractivity contribution in [2.45, 2.75) is 25.9 Å². The summed E-state index contributed by atoms with van der Waals surface area (Å²) in [5.41, 5.74) is 5.38. The van der Waals surface area contributed by atoms with Crippen LogP contribution in [0.1, 0.15) is 46.5 Å². The molecule has 0 saturated carbocycles. The van der Waals surface area contributed by atoms with Gasteiger partial charge in [-0.2, -0.15) is 0 Å². The van der Waals surface area contributed by atoms with Crippen LogP contribution in [-0.4, -0.2) is 25.6 Å².